The van der Waals surface area contributed by atoms with Gasteiger partial charge in [-0.25, -0.2) is 4.68 Å². The SMILES string of the molecule is COCCn1nnc2ccc(NC(=O)C3CCCCC3)cc2c1=O. The van der Waals surface area contributed by atoms with Gasteiger partial charge in [0.25, 0.3) is 5.56 Å². The number of fused-ring (bicyclic) bond motifs is 1. The van der Waals surface area contributed by atoms with E-state index in [9.17, 15) is 9.59 Å². The number of methoxy groups -OCH3 is 1. The van der Waals surface area contributed by atoms with Gasteiger partial charge >= 0.3 is 0 Å². The maximum absolute atomic E-state index is 12.5. The van der Waals surface area contributed by atoms with Gasteiger partial charge in [0.05, 0.1) is 18.5 Å². The first-order valence-corrected chi connectivity index (χ1v) is 8.36. The summed E-state index contributed by atoms with van der Waals surface area (Å²) >= 11 is 0. The van der Waals surface area contributed by atoms with E-state index in [1.54, 1.807) is 25.3 Å². The van der Waals surface area contributed by atoms with Gasteiger partial charge in [0.1, 0.15) is 5.52 Å². The molecule has 0 radical (unpaired) electrons. The van der Waals surface area contributed by atoms with Crippen LogP contribution in [0.25, 0.3) is 10.9 Å². The number of nitrogens with zero attached hydrogens (tertiary/aromatic N) is 3. The number of aromatic nitrogens is 3. The zero-order valence-electron chi connectivity index (χ0n) is 13.8. The highest BCUT2D eigenvalue weighted by Crippen LogP contribution is 2.25. The van der Waals surface area contributed by atoms with Gasteiger partial charge in [-0.05, 0) is 31.0 Å². The number of anilines is 1. The lowest BCUT2D eigenvalue weighted by atomic mass is 9.88. The van der Waals surface area contributed by atoms with E-state index in [1.165, 1.54) is 11.1 Å². The molecule has 7 heteroatoms. The van der Waals surface area contributed by atoms with Crippen LogP contribution in [0.3, 0.4) is 0 Å². The quantitative estimate of drug-likeness (QED) is 0.905. The highest BCUT2D eigenvalue weighted by Gasteiger charge is 2.21. The largest absolute Gasteiger partial charge is 0.383 e. The lowest BCUT2D eigenvalue weighted by Gasteiger charge is -2.20. The predicted octanol–water partition coefficient (Wildman–Crippen LogP) is 1.96. The first-order valence-electron chi connectivity index (χ1n) is 8.36. The van der Waals surface area contributed by atoms with Crippen molar-refractivity contribution < 1.29 is 9.53 Å². The van der Waals surface area contributed by atoms with Gasteiger partial charge in [0.15, 0.2) is 0 Å². The summed E-state index contributed by atoms with van der Waals surface area (Å²) in [5.74, 6) is 0.110. The lowest BCUT2D eigenvalue weighted by Crippen LogP contribution is -2.27. The molecule has 0 spiro atoms. The van der Waals surface area contributed by atoms with Crippen molar-refractivity contribution in [1.82, 2.24) is 15.0 Å². The molecular weight excluding hydrogens is 308 g/mol. The van der Waals surface area contributed by atoms with Gasteiger partial charge in [-0.2, -0.15) is 0 Å². The Kier molecular flexibility index (Phi) is 5.20. The Balaban J connectivity index is 1.82. The van der Waals surface area contributed by atoms with Gasteiger partial charge < -0.3 is 10.1 Å². The molecule has 128 valence electrons. The summed E-state index contributed by atoms with van der Waals surface area (Å²) in [6, 6.07) is 5.15. The molecule has 0 saturated heterocycles. The standard InChI is InChI=1S/C17H22N4O3/c1-24-10-9-21-17(23)14-11-13(7-8-15(14)19-20-21)18-16(22)12-5-3-2-4-6-12/h7-8,11-12H,2-6,9-10H2,1H3,(H,18,22). The summed E-state index contributed by atoms with van der Waals surface area (Å²) in [6.45, 7) is 0.731. The van der Waals surface area contributed by atoms with Crippen LogP contribution in [0, 0.1) is 5.92 Å². The number of carbonyl (C=O) groups excluding carboxylic acids is 1. The van der Waals surface area contributed by atoms with E-state index < -0.39 is 0 Å². The van der Waals surface area contributed by atoms with Gasteiger partial charge in [-0.15, -0.1) is 5.10 Å². The van der Waals surface area contributed by atoms with Crippen molar-refractivity contribution >= 4 is 22.5 Å². The first-order chi connectivity index (χ1) is 11.7. The molecule has 0 bridgehead atoms. The molecule has 2 aromatic rings. The molecule has 1 heterocycles. The minimum Gasteiger partial charge on any atom is -0.383 e. The second-order valence-corrected chi connectivity index (χ2v) is 6.17. The van der Waals surface area contributed by atoms with E-state index in [4.69, 9.17) is 4.74 Å². The Morgan fingerprint density at radius 1 is 1.33 bits per heavy atom. The Morgan fingerprint density at radius 2 is 2.12 bits per heavy atom. The zero-order chi connectivity index (χ0) is 16.9. The Morgan fingerprint density at radius 3 is 2.88 bits per heavy atom. The van der Waals surface area contributed by atoms with E-state index in [-0.39, 0.29) is 17.4 Å². The second kappa shape index (κ2) is 7.53. The van der Waals surface area contributed by atoms with Crippen LogP contribution < -0.4 is 10.9 Å². The smallest absolute Gasteiger partial charge is 0.277 e. The number of hydrogen-bond donors (Lipinski definition) is 1. The summed E-state index contributed by atoms with van der Waals surface area (Å²) in [6.07, 6.45) is 5.30. The summed E-state index contributed by atoms with van der Waals surface area (Å²) in [5, 5.41) is 11.3. The molecule has 1 fully saturated rings. The van der Waals surface area contributed by atoms with Crippen LogP contribution in [-0.4, -0.2) is 34.6 Å². The monoisotopic (exact) mass is 330 g/mol. The summed E-state index contributed by atoms with van der Waals surface area (Å²) < 4.78 is 6.25. The molecular formula is C17H22N4O3. The number of amides is 1. The molecule has 1 saturated carbocycles. The van der Waals surface area contributed by atoms with Crippen molar-refractivity contribution in [2.24, 2.45) is 5.92 Å². The van der Waals surface area contributed by atoms with Crippen LogP contribution in [0.2, 0.25) is 0 Å². The Labute approximate surface area is 140 Å². The van der Waals surface area contributed by atoms with E-state index in [2.05, 4.69) is 15.6 Å². The second-order valence-electron chi connectivity index (χ2n) is 6.17. The van der Waals surface area contributed by atoms with Crippen LogP contribution in [-0.2, 0) is 16.1 Å². The fraction of sp³-hybridized carbons (Fsp3) is 0.529. The molecule has 0 unspecified atom stereocenters. The van der Waals surface area contributed by atoms with Crippen LogP contribution in [0.1, 0.15) is 32.1 Å². The predicted molar refractivity (Wildman–Crippen MR) is 90.9 cm³/mol. The number of ether oxygens (including phenoxy) is 1. The maximum Gasteiger partial charge on any atom is 0.277 e. The van der Waals surface area contributed by atoms with Crippen LogP contribution in [0.4, 0.5) is 5.69 Å². The molecule has 0 atom stereocenters. The van der Waals surface area contributed by atoms with Crippen LogP contribution >= 0.6 is 0 Å². The van der Waals surface area contributed by atoms with Crippen molar-refractivity contribution in [3.8, 4) is 0 Å². The molecule has 1 N–H and O–H groups in total. The average molecular weight is 330 g/mol. The molecule has 1 amide bonds. The molecule has 1 aromatic heterocycles. The highest BCUT2D eigenvalue weighted by molar-refractivity contribution is 5.94. The van der Waals surface area contributed by atoms with Crippen LogP contribution in [0.15, 0.2) is 23.0 Å². The lowest BCUT2D eigenvalue weighted by molar-refractivity contribution is -0.120. The fourth-order valence-corrected chi connectivity index (χ4v) is 3.09. The van der Waals surface area contributed by atoms with Crippen molar-refractivity contribution in [1.29, 1.82) is 0 Å². The van der Waals surface area contributed by atoms with Crippen LogP contribution in [0.5, 0.6) is 0 Å². The number of carbonyl (C=O) groups is 1. The minimum absolute atomic E-state index is 0.0378. The number of nitrogens with one attached hydrogen (secondary N) is 1. The van der Waals surface area contributed by atoms with Gasteiger partial charge in [-0.1, -0.05) is 24.5 Å². The molecule has 7 nitrogen and oxygen atoms in total. The van der Waals surface area contributed by atoms with E-state index in [0.29, 0.717) is 29.7 Å². The maximum atomic E-state index is 12.5. The van der Waals surface area contributed by atoms with E-state index in [1.807, 2.05) is 0 Å². The highest BCUT2D eigenvalue weighted by atomic mass is 16.5. The first kappa shape index (κ1) is 16.6. The minimum atomic E-state index is -0.231. The molecule has 1 aliphatic rings. The molecule has 1 aliphatic carbocycles. The summed E-state index contributed by atoms with van der Waals surface area (Å²) in [5.41, 5.74) is 0.914. The molecule has 3 rings (SSSR count). The normalized spacial score (nSPS) is 15.5. The molecule has 1 aromatic carbocycles. The Hall–Kier alpha value is -2.28. The average Bonchev–Trinajstić information content (AvgIpc) is 2.62. The van der Waals surface area contributed by atoms with Crippen molar-refractivity contribution in [3.63, 3.8) is 0 Å². The fourth-order valence-electron chi connectivity index (χ4n) is 3.09. The van der Waals surface area contributed by atoms with E-state index >= 15 is 0 Å². The number of benzene rings is 1. The van der Waals surface area contributed by atoms with Crippen molar-refractivity contribution in [2.45, 2.75) is 38.6 Å². The van der Waals surface area contributed by atoms with Crippen molar-refractivity contribution in [3.05, 3.63) is 28.6 Å². The van der Waals surface area contributed by atoms with Gasteiger partial charge in [0, 0.05) is 18.7 Å². The van der Waals surface area contributed by atoms with E-state index in [0.717, 1.165) is 25.7 Å². The Bertz CT molecular complexity index is 781. The molecule has 0 aliphatic heterocycles. The third kappa shape index (κ3) is 3.62. The topological polar surface area (TPSA) is 86.1 Å². The third-order valence-corrected chi connectivity index (χ3v) is 4.47. The number of rotatable bonds is 5. The molecule has 24 heavy (non-hydrogen) atoms. The third-order valence-electron chi connectivity index (χ3n) is 4.47. The van der Waals surface area contributed by atoms with Crippen molar-refractivity contribution in [2.75, 3.05) is 19.0 Å². The van der Waals surface area contributed by atoms with Gasteiger partial charge in [-0.3, -0.25) is 9.59 Å². The number of hydrogen-bond acceptors (Lipinski definition) is 5. The summed E-state index contributed by atoms with van der Waals surface area (Å²) in [7, 11) is 1.57. The summed E-state index contributed by atoms with van der Waals surface area (Å²) in [4.78, 5) is 24.8. The zero-order valence-corrected chi connectivity index (χ0v) is 13.8. The van der Waals surface area contributed by atoms with Gasteiger partial charge in [0.2, 0.25) is 5.91 Å².